The molecule has 1 fully saturated rings. The Balaban J connectivity index is 1.93. The maximum absolute atomic E-state index is 10.3. The molecule has 0 aliphatic carbocycles. The molecule has 1 aliphatic rings. The number of hydrogen-bond acceptors (Lipinski definition) is 3. The van der Waals surface area contributed by atoms with E-state index in [0.717, 1.165) is 38.2 Å². The normalized spacial score (nSPS) is 15.7. The maximum atomic E-state index is 10.3. The van der Waals surface area contributed by atoms with Gasteiger partial charge in [-0.25, -0.2) is 0 Å². The quantitative estimate of drug-likeness (QED) is 0.877. The van der Waals surface area contributed by atoms with E-state index in [1.165, 1.54) is 10.8 Å². The van der Waals surface area contributed by atoms with Crippen molar-refractivity contribution < 1.29 is 5.11 Å². The van der Waals surface area contributed by atoms with Crippen LogP contribution in [0.3, 0.4) is 0 Å². The standard InChI is InChI=1S/C17H22N2O/c1-2-9-19(14-10-18-11-14)12-16-15-6-4-3-5-13(15)7-8-17(16)20/h3-8,14,18,20H,2,9-12H2,1H3. The molecule has 0 atom stereocenters. The van der Waals surface area contributed by atoms with Crippen molar-refractivity contribution in [2.24, 2.45) is 0 Å². The summed E-state index contributed by atoms with van der Waals surface area (Å²) in [5.74, 6) is 0.414. The van der Waals surface area contributed by atoms with Crippen LogP contribution in [0.2, 0.25) is 0 Å². The molecule has 1 saturated heterocycles. The van der Waals surface area contributed by atoms with Crippen LogP contribution in [0.4, 0.5) is 0 Å². The molecule has 0 unspecified atom stereocenters. The zero-order valence-corrected chi connectivity index (χ0v) is 12.0. The largest absolute Gasteiger partial charge is 0.508 e. The fourth-order valence-corrected chi connectivity index (χ4v) is 2.90. The first-order valence-electron chi connectivity index (χ1n) is 7.44. The molecule has 0 radical (unpaired) electrons. The molecule has 2 aromatic carbocycles. The lowest BCUT2D eigenvalue weighted by Gasteiger charge is -2.38. The van der Waals surface area contributed by atoms with E-state index >= 15 is 0 Å². The van der Waals surface area contributed by atoms with Gasteiger partial charge >= 0.3 is 0 Å². The highest BCUT2D eigenvalue weighted by Crippen LogP contribution is 2.29. The van der Waals surface area contributed by atoms with Crippen LogP contribution in [0.5, 0.6) is 5.75 Å². The summed E-state index contributed by atoms with van der Waals surface area (Å²) in [4.78, 5) is 2.48. The Kier molecular flexibility index (Phi) is 3.90. The molecule has 2 aromatic rings. The predicted octanol–water partition coefficient (Wildman–Crippen LogP) is 2.73. The van der Waals surface area contributed by atoms with Crippen LogP contribution in [0.25, 0.3) is 10.8 Å². The van der Waals surface area contributed by atoms with E-state index in [1.807, 2.05) is 24.3 Å². The Bertz CT molecular complexity index is 593. The van der Waals surface area contributed by atoms with Crippen LogP contribution in [0.1, 0.15) is 18.9 Å². The van der Waals surface area contributed by atoms with Gasteiger partial charge in [0.15, 0.2) is 0 Å². The lowest BCUT2D eigenvalue weighted by atomic mass is 10.0. The molecule has 106 valence electrons. The number of hydrogen-bond donors (Lipinski definition) is 2. The Morgan fingerprint density at radius 1 is 1.20 bits per heavy atom. The minimum Gasteiger partial charge on any atom is -0.508 e. The fraction of sp³-hybridized carbons (Fsp3) is 0.412. The molecule has 0 saturated carbocycles. The van der Waals surface area contributed by atoms with Gasteiger partial charge in [0.1, 0.15) is 5.75 Å². The van der Waals surface area contributed by atoms with Gasteiger partial charge in [0.05, 0.1) is 0 Å². The molecule has 0 aromatic heterocycles. The smallest absolute Gasteiger partial charge is 0.120 e. The Morgan fingerprint density at radius 2 is 2.00 bits per heavy atom. The van der Waals surface area contributed by atoms with Gasteiger partial charge in [-0.15, -0.1) is 0 Å². The summed E-state index contributed by atoms with van der Waals surface area (Å²) in [6, 6.07) is 12.7. The first-order chi connectivity index (χ1) is 9.79. The zero-order valence-electron chi connectivity index (χ0n) is 12.0. The minimum atomic E-state index is 0.414. The molecular formula is C17H22N2O. The third kappa shape index (κ3) is 2.51. The van der Waals surface area contributed by atoms with Crippen LogP contribution in [0, 0.1) is 0 Å². The topological polar surface area (TPSA) is 35.5 Å². The highest BCUT2D eigenvalue weighted by atomic mass is 16.3. The summed E-state index contributed by atoms with van der Waals surface area (Å²) < 4.78 is 0. The molecule has 0 amide bonds. The number of benzene rings is 2. The van der Waals surface area contributed by atoms with E-state index in [2.05, 4.69) is 29.3 Å². The van der Waals surface area contributed by atoms with Gasteiger partial charge in [-0.2, -0.15) is 0 Å². The van der Waals surface area contributed by atoms with Crippen LogP contribution in [0.15, 0.2) is 36.4 Å². The van der Waals surface area contributed by atoms with Crippen molar-refractivity contribution in [1.29, 1.82) is 0 Å². The molecular weight excluding hydrogens is 248 g/mol. The summed E-state index contributed by atoms with van der Waals surface area (Å²) in [6.45, 7) is 6.24. The summed E-state index contributed by atoms with van der Waals surface area (Å²) in [6.07, 6.45) is 1.14. The Labute approximate surface area is 120 Å². The average Bonchev–Trinajstić information content (AvgIpc) is 2.40. The van der Waals surface area contributed by atoms with Gasteiger partial charge < -0.3 is 10.4 Å². The van der Waals surface area contributed by atoms with E-state index in [0.29, 0.717) is 11.8 Å². The number of phenols is 1. The number of nitrogens with one attached hydrogen (secondary N) is 1. The van der Waals surface area contributed by atoms with Crippen LogP contribution in [-0.2, 0) is 6.54 Å². The van der Waals surface area contributed by atoms with Gasteiger partial charge in [-0.05, 0) is 29.8 Å². The van der Waals surface area contributed by atoms with E-state index in [4.69, 9.17) is 0 Å². The van der Waals surface area contributed by atoms with E-state index in [-0.39, 0.29) is 0 Å². The highest BCUT2D eigenvalue weighted by molar-refractivity contribution is 5.87. The summed E-state index contributed by atoms with van der Waals surface area (Å²) in [5, 5.41) is 16.0. The Morgan fingerprint density at radius 3 is 2.70 bits per heavy atom. The van der Waals surface area contributed by atoms with E-state index in [9.17, 15) is 5.11 Å². The molecule has 3 nitrogen and oxygen atoms in total. The number of nitrogens with zero attached hydrogens (tertiary/aromatic N) is 1. The number of phenolic OH excluding ortho intramolecular Hbond substituents is 1. The molecule has 0 spiro atoms. The van der Waals surface area contributed by atoms with Gasteiger partial charge in [0.2, 0.25) is 0 Å². The molecule has 3 rings (SSSR count). The van der Waals surface area contributed by atoms with Gasteiger partial charge in [-0.1, -0.05) is 37.3 Å². The zero-order chi connectivity index (χ0) is 13.9. The van der Waals surface area contributed by atoms with Crippen molar-refractivity contribution in [2.45, 2.75) is 25.9 Å². The van der Waals surface area contributed by atoms with Crippen LogP contribution >= 0.6 is 0 Å². The monoisotopic (exact) mass is 270 g/mol. The van der Waals surface area contributed by atoms with Crippen LogP contribution < -0.4 is 5.32 Å². The van der Waals surface area contributed by atoms with Gasteiger partial charge in [-0.3, -0.25) is 4.90 Å². The summed E-state index contributed by atoms with van der Waals surface area (Å²) in [5.41, 5.74) is 1.06. The average molecular weight is 270 g/mol. The molecule has 1 heterocycles. The van der Waals surface area contributed by atoms with Crippen molar-refractivity contribution in [1.82, 2.24) is 10.2 Å². The molecule has 3 heteroatoms. The second kappa shape index (κ2) is 5.81. The first kappa shape index (κ1) is 13.4. The van der Waals surface area contributed by atoms with Crippen molar-refractivity contribution in [3.05, 3.63) is 42.0 Å². The van der Waals surface area contributed by atoms with E-state index in [1.54, 1.807) is 0 Å². The van der Waals surface area contributed by atoms with Crippen molar-refractivity contribution in [3.63, 3.8) is 0 Å². The summed E-state index contributed by atoms with van der Waals surface area (Å²) >= 11 is 0. The highest BCUT2D eigenvalue weighted by Gasteiger charge is 2.25. The molecule has 20 heavy (non-hydrogen) atoms. The van der Waals surface area contributed by atoms with Crippen molar-refractivity contribution in [3.8, 4) is 5.75 Å². The number of rotatable bonds is 5. The third-order valence-corrected chi connectivity index (χ3v) is 4.16. The van der Waals surface area contributed by atoms with E-state index < -0.39 is 0 Å². The lowest BCUT2D eigenvalue weighted by Crippen LogP contribution is -2.56. The first-order valence-corrected chi connectivity index (χ1v) is 7.44. The minimum absolute atomic E-state index is 0.414. The van der Waals surface area contributed by atoms with Crippen LogP contribution in [-0.4, -0.2) is 35.7 Å². The predicted molar refractivity (Wildman–Crippen MR) is 83.0 cm³/mol. The lowest BCUT2D eigenvalue weighted by molar-refractivity contribution is 0.137. The summed E-state index contributed by atoms with van der Waals surface area (Å²) in [7, 11) is 0. The third-order valence-electron chi connectivity index (χ3n) is 4.16. The second-order valence-corrected chi connectivity index (χ2v) is 5.57. The van der Waals surface area contributed by atoms with Gasteiger partial charge in [0.25, 0.3) is 0 Å². The number of aromatic hydroxyl groups is 1. The van der Waals surface area contributed by atoms with Crippen molar-refractivity contribution in [2.75, 3.05) is 19.6 Å². The SMILES string of the molecule is CCCN(Cc1c(O)ccc2ccccc12)C1CNC1. The molecule has 0 bridgehead atoms. The van der Waals surface area contributed by atoms with Crippen molar-refractivity contribution >= 4 is 10.8 Å². The fourth-order valence-electron chi connectivity index (χ4n) is 2.90. The maximum Gasteiger partial charge on any atom is 0.120 e. The van der Waals surface area contributed by atoms with Gasteiger partial charge in [0, 0.05) is 31.2 Å². The Hall–Kier alpha value is -1.58. The molecule has 1 aliphatic heterocycles. The second-order valence-electron chi connectivity index (χ2n) is 5.57. The molecule has 2 N–H and O–H groups in total. The number of fused-ring (bicyclic) bond motifs is 1.